The number of ether oxygens (including phenoxy) is 1. The Morgan fingerprint density at radius 2 is 2.00 bits per heavy atom. The van der Waals surface area contributed by atoms with Crippen LogP contribution in [0.1, 0.15) is 30.6 Å². The van der Waals surface area contributed by atoms with Gasteiger partial charge in [0.25, 0.3) is 5.91 Å². The quantitative estimate of drug-likeness (QED) is 0.825. The Balaban J connectivity index is 1.65. The fourth-order valence-electron chi connectivity index (χ4n) is 2.58. The van der Waals surface area contributed by atoms with Crippen LogP contribution in [0.25, 0.3) is 0 Å². The van der Waals surface area contributed by atoms with Crippen LogP contribution in [0.5, 0.6) is 0 Å². The SMILES string of the molecule is CC1CN(CCCNC(=O)c2ccncc2)CC(C)O1. The molecule has 0 saturated carbocycles. The highest BCUT2D eigenvalue weighted by Gasteiger charge is 2.21. The van der Waals surface area contributed by atoms with Crippen LogP contribution in [0, 0.1) is 0 Å². The third-order valence-corrected chi connectivity index (χ3v) is 3.37. The molecule has 0 bridgehead atoms. The molecule has 0 radical (unpaired) electrons. The van der Waals surface area contributed by atoms with Crippen LogP contribution in [-0.2, 0) is 4.74 Å². The molecule has 1 aromatic rings. The highest BCUT2D eigenvalue weighted by Crippen LogP contribution is 2.10. The van der Waals surface area contributed by atoms with Gasteiger partial charge in [-0.1, -0.05) is 0 Å². The summed E-state index contributed by atoms with van der Waals surface area (Å²) in [5.41, 5.74) is 0.661. The van der Waals surface area contributed by atoms with E-state index >= 15 is 0 Å². The van der Waals surface area contributed by atoms with Crippen LogP contribution < -0.4 is 5.32 Å². The number of pyridine rings is 1. The summed E-state index contributed by atoms with van der Waals surface area (Å²) >= 11 is 0. The molecule has 0 aliphatic carbocycles. The minimum absolute atomic E-state index is 0.0314. The summed E-state index contributed by atoms with van der Waals surface area (Å²) in [5, 5.41) is 2.94. The van der Waals surface area contributed by atoms with Crippen molar-refractivity contribution in [3.63, 3.8) is 0 Å². The standard InChI is InChI=1S/C15H23N3O2/c1-12-10-18(11-13(2)20-12)9-3-6-17-15(19)14-4-7-16-8-5-14/h4-5,7-8,12-13H,3,6,9-11H2,1-2H3,(H,17,19). The van der Waals surface area contributed by atoms with Gasteiger partial charge >= 0.3 is 0 Å². The molecule has 5 nitrogen and oxygen atoms in total. The van der Waals surface area contributed by atoms with Crippen molar-refractivity contribution in [2.24, 2.45) is 0 Å². The maximum Gasteiger partial charge on any atom is 0.251 e. The molecule has 0 aromatic carbocycles. The Kier molecular flexibility index (Phi) is 5.49. The zero-order valence-electron chi connectivity index (χ0n) is 12.2. The number of aromatic nitrogens is 1. The minimum Gasteiger partial charge on any atom is -0.373 e. The Hall–Kier alpha value is -1.46. The molecular formula is C15H23N3O2. The van der Waals surface area contributed by atoms with Gasteiger partial charge in [0.15, 0.2) is 0 Å². The maximum absolute atomic E-state index is 11.8. The molecule has 0 spiro atoms. The fourth-order valence-corrected chi connectivity index (χ4v) is 2.58. The number of rotatable bonds is 5. The summed E-state index contributed by atoms with van der Waals surface area (Å²) in [6.07, 6.45) is 4.81. The van der Waals surface area contributed by atoms with Gasteiger partial charge in [-0.05, 0) is 32.4 Å². The second-order valence-corrected chi connectivity index (χ2v) is 5.36. The van der Waals surface area contributed by atoms with Crippen LogP contribution in [0.4, 0.5) is 0 Å². The van der Waals surface area contributed by atoms with Crippen molar-refractivity contribution in [1.82, 2.24) is 15.2 Å². The molecular weight excluding hydrogens is 254 g/mol. The molecule has 2 unspecified atom stereocenters. The largest absolute Gasteiger partial charge is 0.373 e. The summed E-state index contributed by atoms with van der Waals surface area (Å²) < 4.78 is 5.70. The van der Waals surface area contributed by atoms with E-state index in [9.17, 15) is 4.79 Å². The normalized spacial score (nSPS) is 23.5. The van der Waals surface area contributed by atoms with E-state index < -0.39 is 0 Å². The number of nitrogens with one attached hydrogen (secondary N) is 1. The van der Waals surface area contributed by atoms with Gasteiger partial charge in [0, 0.05) is 44.1 Å². The van der Waals surface area contributed by atoms with Gasteiger partial charge in [0.1, 0.15) is 0 Å². The smallest absolute Gasteiger partial charge is 0.251 e. The lowest BCUT2D eigenvalue weighted by molar-refractivity contribution is -0.0679. The van der Waals surface area contributed by atoms with Gasteiger partial charge in [0.05, 0.1) is 12.2 Å². The van der Waals surface area contributed by atoms with Crippen LogP contribution in [0.2, 0.25) is 0 Å². The van der Waals surface area contributed by atoms with Crippen molar-refractivity contribution in [2.45, 2.75) is 32.5 Å². The first-order chi connectivity index (χ1) is 9.65. The molecule has 110 valence electrons. The predicted octanol–water partition coefficient (Wildman–Crippen LogP) is 1.31. The van der Waals surface area contributed by atoms with Crippen molar-refractivity contribution >= 4 is 5.91 Å². The fraction of sp³-hybridized carbons (Fsp3) is 0.600. The zero-order chi connectivity index (χ0) is 14.4. The first-order valence-electron chi connectivity index (χ1n) is 7.21. The number of hydrogen-bond acceptors (Lipinski definition) is 4. The minimum atomic E-state index is -0.0314. The Labute approximate surface area is 120 Å². The van der Waals surface area contributed by atoms with E-state index in [-0.39, 0.29) is 5.91 Å². The zero-order valence-corrected chi connectivity index (χ0v) is 12.2. The van der Waals surface area contributed by atoms with E-state index in [1.165, 1.54) is 0 Å². The highest BCUT2D eigenvalue weighted by molar-refractivity contribution is 5.93. The molecule has 2 heterocycles. The first kappa shape index (κ1) is 14.9. The number of morpholine rings is 1. The predicted molar refractivity (Wildman–Crippen MR) is 77.6 cm³/mol. The molecule has 20 heavy (non-hydrogen) atoms. The van der Waals surface area contributed by atoms with E-state index in [1.54, 1.807) is 24.5 Å². The molecule has 1 fully saturated rings. The first-order valence-corrected chi connectivity index (χ1v) is 7.21. The lowest BCUT2D eigenvalue weighted by Crippen LogP contribution is -2.46. The molecule has 5 heteroatoms. The monoisotopic (exact) mass is 277 g/mol. The van der Waals surface area contributed by atoms with Crippen LogP contribution in [0.15, 0.2) is 24.5 Å². The topological polar surface area (TPSA) is 54.5 Å². The molecule has 1 amide bonds. The van der Waals surface area contributed by atoms with Crippen molar-refractivity contribution in [1.29, 1.82) is 0 Å². The number of carbonyl (C=O) groups excluding carboxylic acids is 1. The third-order valence-electron chi connectivity index (χ3n) is 3.37. The van der Waals surface area contributed by atoms with Crippen LogP contribution in [-0.4, -0.2) is 54.2 Å². The van der Waals surface area contributed by atoms with Crippen LogP contribution in [0.3, 0.4) is 0 Å². The Morgan fingerprint density at radius 1 is 1.35 bits per heavy atom. The van der Waals surface area contributed by atoms with E-state index in [0.29, 0.717) is 24.3 Å². The summed E-state index contributed by atoms with van der Waals surface area (Å²) in [7, 11) is 0. The molecule has 1 saturated heterocycles. The van der Waals surface area contributed by atoms with E-state index in [2.05, 4.69) is 29.0 Å². The lowest BCUT2D eigenvalue weighted by Gasteiger charge is -2.35. The van der Waals surface area contributed by atoms with E-state index in [0.717, 1.165) is 26.1 Å². The van der Waals surface area contributed by atoms with Gasteiger partial charge in [-0.25, -0.2) is 0 Å². The van der Waals surface area contributed by atoms with Gasteiger partial charge in [-0.2, -0.15) is 0 Å². The number of carbonyl (C=O) groups is 1. The van der Waals surface area contributed by atoms with Gasteiger partial charge in [-0.3, -0.25) is 14.7 Å². The number of nitrogens with zero attached hydrogens (tertiary/aromatic N) is 2. The second-order valence-electron chi connectivity index (χ2n) is 5.36. The number of amides is 1. The van der Waals surface area contributed by atoms with E-state index in [4.69, 9.17) is 4.74 Å². The summed E-state index contributed by atoms with van der Waals surface area (Å²) in [5.74, 6) is -0.0314. The van der Waals surface area contributed by atoms with Gasteiger partial charge in [-0.15, -0.1) is 0 Å². The Morgan fingerprint density at radius 3 is 2.65 bits per heavy atom. The van der Waals surface area contributed by atoms with Crippen molar-refractivity contribution in [2.75, 3.05) is 26.2 Å². The van der Waals surface area contributed by atoms with Crippen molar-refractivity contribution < 1.29 is 9.53 Å². The average Bonchev–Trinajstić information content (AvgIpc) is 2.43. The summed E-state index contributed by atoms with van der Waals surface area (Å²) in [6.45, 7) is 7.85. The maximum atomic E-state index is 11.8. The number of hydrogen-bond donors (Lipinski definition) is 1. The average molecular weight is 277 g/mol. The van der Waals surface area contributed by atoms with Crippen molar-refractivity contribution in [3.05, 3.63) is 30.1 Å². The van der Waals surface area contributed by atoms with Crippen molar-refractivity contribution in [3.8, 4) is 0 Å². The van der Waals surface area contributed by atoms with Gasteiger partial charge in [0.2, 0.25) is 0 Å². The third kappa shape index (κ3) is 4.58. The molecule has 2 atom stereocenters. The van der Waals surface area contributed by atoms with E-state index in [1.807, 2.05) is 0 Å². The lowest BCUT2D eigenvalue weighted by atomic mass is 10.2. The molecule has 1 aromatic heterocycles. The molecule has 1 aliphatic heterocycles. The summed E-state index contributed by atoms with van der Waals surface area (Å²) in [4.78, 5) is 18.1. The summed E-state index contributed by atoms with van der Waals surface area (Å²) in [6, 6.07) is 3.45. The highest BCUT2D eigenvalue weighted by atomic mass is 16.5. The Bertz CT molecular complexity index is 414. The second kappa shape index (κ2) is 7.36. The van der Waals surface area contributed by atoms with Crippen LogP contribution >= 0.6 is 0 Å². The molecule has 1 N–H and O–H groups in total. The molecule has 2 rings (SSSR count). The van der Waals surface area contributed by atoms with Gasteiger partial charge < -0.3 is 10.1 Å². The molecule has 1 aliphatic rings.